The van der Waals surface area contributed by atoms with Crippen LogP contribution in [0.4, 0.5) is 11.4 Å². The number of thioether (sulfide) groups is 1. The maximum Gasteiger partial charge on any atom is 0.296 e. The number of hydrogen-bond donors (Lipinski definition) is 1. The Kier molecular flexibility index (Phi) is 6.12. The average Bonchev–Trinajstić information content (AvgIpc) is 2.60. The van der Waals surface area contributed by atoms with E-state index in [1.54, 1.807) is 10.8 Å². The molecule has 0 spiro atoms. The van der Waals surface area contributed by atoms with Gasteiger partial charge in [-0.2, -0.15) is 4.98 Å². The van der Waals surface area contributed by atoms with Gasteiger partial charge in [0.15, 0.2) is 5.16 Å². The van der Waals surface area contributed by atoms with Crippen LogP contribution in [0.2, 0.25) is 0 Å². The molecule has 25 heavy (non-hydrogen) atoms. The van der Waals surface area contributed by atoms with Gasteiger partial charge in [0.1, 0.15) is 11.4 Å². The van der Waals surface area contributed by atoms with Gasteiger partial charge in [0.2, 0.25) is 5.91 Å². The van der Waals surface area contributed by atoms with Crippen LogP contribution in [0.3, 0.4) is 0 Å². The Morgan fingerprint density at radius 3 is 2.84 bits per heavy atom. The molecule has 1 aromatic heterocycles. The van der Waals surface area contributed by atoms with E-state index in [4.69, 9.17) is 4.74 Å². The van der Waals surface area contributed by atoms with Crippen LogP contribution in [-0.4, -0.2) is 33.2 Å². The van der Waals surface area contributed by atoms with Crippen LogP contribution in [0, 0.1) is 10.1 Å². The van der Waals surface area contributed by atoms with E-state index in [9.17, 15) is 19.7 Å². The minimum Gasteiger partial charge on any atom is -0.496 e. The molecule has 132 valence electrons. The van der Waals surface area contributed by atoms with Gasteiger partial charge < -0.3 is 14.6 Å². The van der Waals surface area contributed by atoms with Crippen molar-refractivity contribution < 1.29 is 14.5 Å². The van der Waals surface area contributed by atoms with Crippen molar-refractivity contribution in [2.24, 2.45) is 0 Å². The Labute approximate surface area is 147 Å². The zero-order valence-electron chi connectivity index (χ0n) is 13.6. The first-order valence-corrected chi connectivity index (χ1v) is 8.25. The van der Waals surface area contributed by atoms with Gasteiger partial charge in [0.25, 0.3) is 11.2 Å². The summed E-state index contributed by atoms with van der Waals surface area (Å²) in [6, 6.07) is 5.50. The summed E-state index contributed by atoms with van der Waals surface area (Å²) < 4.78 is 6.68. The van der Waals surface area contributed by atoms with Crippen LogP contribution < -0.4 is 15.6 Å². The quantitative estimate of drug-likeness (QED) is 0.345. The molecular weight excluding hydrogens is 348 g/mol. The molecule has 0 saturated carbocycles. The number of nitrogens with one attached hydrogen (secondary N) is 1. The number of benzene rings is 1. The van der Waals surface area contributed by atoms with E-state index in [0.717, 1.165) is 11.8 Å². The Balaban J connectivity index is 2.10. The highest BCUT2D eigenvalue weighted by Crippen LogP contribution is 2.29. The monoisotopic (exact) mass is 364 g/mol. The number of nitrogens with zero attached hydrogens (tertiary/aromatic N) is 3. The SMILES string of the molecule is CCn1ccc(=O)nc1SCC(=O)Nc1ccc(OC)cc1[N+](=O)[O-]. The van der Waals surface area contributed by atoms with Crippen LogP contribution in [0.15, 0.2) is 40.4 Å². The minimum atomic E-state index is -0.598. The van der Waals surface area contributed by atoms with Gasteiger partial charge in [0.05, 0.1) is 23.9 Å². The Hall–Kier alpha value is -2.88. The van der Waals surface area contributed by atoms with Crippen molar-refractivity contribution in [3.8, 4) is 5.75 Å². The van der Waals surface area contributed by atoms with E-state index in [2.05, 4.69) is 10.3 Å². The number of carbonyl (C=O) groups is 1. The Morgan fingerprint density at radius 1 is 1.44 bits per heavy atom. The molecule has 2 rings (SSSR count). The molecule has 9 nitrogen and oxygen atoms in total. The first-order valence-electron chi connectivity index (χ1n) is 7.27. The minimum absolute atomic E-state index is 0.0420. The van der Waals surface area contributed by atoms with Crippen molar-refractivity contribution >= 4 is 29.0 Å². The number of nitro groups is 1. The van der Waals surface area contributed by atoms with Crippen molar-refractivity contribution in [3.05, 3.63) is 50.9 Å². The van der Waals surface area contributed by atoms with Crippen LogP contribution in [0.1, 0.15) is 6.92 Å². The lowest BCUT2D eigenvalue weighted by molar-refractivity contribution is -0.384. The highest BCUT2D eigenvalue weighted by atomic mass is 32.2. The summed E-state index contributed by atoms with van der Waals surface area (Å²) in [5.74, 6) is -0.168. The molecule has 0 saturated heterocycles. The molecule has 10 heteroatoms. The number of hydrogen-bond acceptors (Lipinski definition) is 7. The predicted octanol–water partition coefficient (Wildman–Crippen LogP) is 1.91. The molecule has 0 aliphatic carbocycles. The summed E-state index contributed by atoms with van der Waals surface area (Å²) in [5, 5.41) is 14.0. The Morgan fingerprint density at radius 2 is 2.20 bits per heavy atom. The maximum atomic E-state index is 12.1. The second-order valence-corrected chi connectivity index (χ2v) is 5.75. The van der Waals surface area contributed by atoms with E-state index in [1.165, 1.54) is 31.4 Å². The summed E-state index contributed by atoms with van der Waals surface area (Å²) in [7, 11) is 1.40. The zero-order chi connectivity index (χ0) is 18.4. The third kappa shape index (κ3) is 4.80. The number of aryl methyl sites for hydroxylation is 1. The van der Waals surface area contributed by atoms with Crippen LogP contribution in [-0.2, 0) is 11.3 Å². The molecule has 1 aromatic carbocycles. The fraction of sp³-hybridized carbons (Fsp3) is 0.267. The maximum absolute atomic E-state index is 12.1. The van der Waals surface area contributed by atoms with E-state index < -0.39 is 16.4 Å². The molecule has 0 fully saturated rings. The average molecular weight is 364 g/mol. The largest absolute Gasteiger partial charge is 0.496 e. The first kappa shape index (κ1) is 18.5. The lowest BCUT2D eigenvalue weighted by Gasteiger charge is -2.10. The molecule has 1 heterocycles. The van der Waals surface area contributed by atoms with Crippen molar-refractivity contribution in [1.82, 2.24) is 9.55 Å². The molecule has 0 aliphatic rings. The molecular formula is C15H16N4O5S. The second kappa shape index (κ2) is 8.29. The van der Waals surface area contributed by atoms with Crippen molar-refractivity contribution in [3.63, 3.8) is 0 Å². The van der Waals surface area contributed by atoms with Gasteiger partial charge >= 0.3 is 0 Å². The van der Waals surface area contributed by atoms with Gasteiger partial charge in [-0.1, -0.05) is 11.8 Å². The van der Waals surface area contributed by atoms with Gasteiger partial charge in [0, 0.05) is 18.8 Å². The summed E-state index contributed by atoms with van der Waals surface area (Å²) in [4.78, 5) is 37.8. The van der Waals surface area contributed by atoms with Crippen molar-refractivity contribution in [2.45, 2.75) is 18.6 Å². The van der Waals surface area contributed by atoms with Crippen LogP contribution >= 0.6 is 11.8 Å². The van der Waals surface area contributed by atoms with Crippen molar-refractivity contribution in [2.75, 3.05) is 18.2 Å². The normalized spacial score (nSPS) is 10.3. The number of rotatable bonds is 7. The number of nitro benzene ring substituents is 1. The summed E-state index contributed by atoms with van der Waals surface area (Å²) in [6.45, 7) is 2.48. The smallest absolute Gasteiger partial charge is 0.296 e. The molecule has 0 atom stereocenters. The lowest BCUT2D eigenvalue weighted by Crippen LogP contribution is -2.17. The number of anilines is 1. The number of ether oxygens (including phenoxy) is 1. The van der Waals surface area contributed by atoms with Gasteiger partial charge in [-0.05, 0) is 19.1 Å². The van der Waals surface area contributed by atoms with E-state index >= 15 is 0 Å². The standard InChI is InChI=1S/C15H16N4O5S/c1-3-18-7-6-13(20)17-15(18)25-9-14(21)16-11-5-4-10(24-2)8-12(11)19(22)23/h4-8H,3,9H2,1-2H3,(H,16,21). The highest BCUT2D eigenvalue weighted by Gasteiger charge is 2.17. The summed E-state index contributed by atoms with van der Waals surface area (Å²) in [6.07, 6.45) is 1.60. The zero-order valence-corrected chi connectivity index (χ0v) is 14.4. The molecule has 0 bridgehead atoms. The van der Waals surface area contributed by atoms with Gasteiger partial charge in [-0.3, -0.25) is 19.7 Å². The second-order valence-electron chi connectivity index (χ2n) is 4.81. The fourth-order valence-electron chi connectivity index (χ4n) is 1.98. The van der Waals surface area contributed by atoms with Crippen molar-refractivity contribution in [1.29, 1.82) is 0 Å². The number of methoxy groups -OCH3 is 1. The molecule has 1 amide bonds. The van der Waals surface area contributed by atoms with E-state index in [-0.39, 0.29) is 17.1 Å². The number of carbonyl (C=O) groups excluding carboxylic acids is 1. The lowest BCUT2D eigenvalue weighted by atomic mass is 10.2. The molecule has 0 radical (unpaired) electrons. The van der Waals surface area contributed by atoms with Gasteiger partial charge in [-0.25, -0.2) is 0 Å². The summed E-state index contributed by atoms with van der Waals surface area (Å²) >= 11 is 1.08. The highest BCUT2D eigenvalue weighted by molar-refractivity contribution is 7.99. The van der Waals surface area contributed by atoms with Gasteiger partial charge in [-0.15, -0.1) is 0 Å². The Bertz CT molecular complexity index is 852. The van der Waals surface area contributed by atoms with Crippen LogP contribution in [0.5, 0.6) is 5.75 Å². The molecule has 0 aliphatic heterocycles. The molecule has 1 N–H and O–H groups in total. The molecule has 2 aromatic rings. The predicted molar refractivity (Wildman–Crippen MR) is 93.2 cm³/mol. The van der Waals surface area contributed by atoms with E-state index in [1.807, 2.05) is 6.92 Å². The fourth-order valence-corrected chi connectivity index (χ4v) is 2.82. The third-order valence-electron chi connectivity index (χ3n) is 3.20. The molecule has 0 unspecified atom stereocenters. The number of amides is 1. The number of aromatic nitrogens is 2. The summed E-state index contributed by atoms with van der Waals surface area (Å²) in [5.41, 5.74) is -0.579. The van der Waals surface area contributed by atoms with E-state index in [0.29, 0.717) is 17.5 Å². The first-order chi connectivity index (χ1) is 11.9. The third-order valence-corrected chi connectivity index (χ3v) is 4.19. The topological polar surface area (TPSA) is 116 Å². The van der Waals surface area contributed by atoms with Crippen LogP contribution in [0.25, 0.3) is 0 Å².